The molecule has 1 aromatic carbocycles. The Labute approximate surface area is 124 Å². The molecule has 0 bridgehead atoms. The van der Waals surface area contributed by atoms with Crippen LogP contribution in [0, 0.1) is 11.3 Å². The van der Waals surface area contributed by atoms with Crippen LogP contribution in [0.4, 0.5) is 5.69 Å². The minimum Gasteiger partial charge on any atom is -0.495 e. The third-order valence-corrected chi connectivity index (χ3v) is 4.61. The monoisotopic (exact) mass is 287 g/mol. The minimum atomic E-state index is 0.349. The van der Waals surface area contributed by atoms with E-state index in [0.717, 1.165) is 17.9 Å². The van der Waals surface area contributed by atoms with Crippen molar-refractivity contribution in [3.8, 4) is 17.1 Å². The zero-order chi connectivity index (χ0) is 15.0. The van der Waals surface area contributed by atoms with E-state index >= 15 is 0 Å². The van der Waals surface area contributed by atoms with Crippen LogP contribution in [-0.4, -0.2) is 27.3 Å². The fourth-order valence-electron chi connectivity index (χ4n) is 2.74. The lowest BCUT2D eigenvalue weighted by Crippen LogP contribution is -2.19. The Balaban J connectivity index is 1.92. The molecule has 0 spiro atoms. The Morgan fingerprint density at radius 3 is 2.76 bits per heavy atom. The predicted molar refractivity (Wildman–Crippen MR) is 80.7 cm³/mol. The average Bonchev–Trinajstić information content (AvgIpc) is 3.11. The lowest BCUT2D eigenvalue weighted by atomic mass is 9.92. The first-order valence-corrected chi connectivity index (χ1v) is 7.26. The van der Waals surface area contributed by atoms with E-state index in [1.54, 1.807) is 7.11 Å². The summed E-state index contributed by atoms with van der Waals surface area (Å²) in [6, 6.07) is 5.63. The molecular weight excluding hydrogens is 266 g/mol. The lowest BCUT2D eigenvalue weighted by molar-refractivity contribution is 0.294. The smallest absolute Gasteiger partial charge is 0.182 e. The van der Waals surface area contributed by atoms with Crippen LogP contribution in [0.25, 0.3) is 11.4 Å². The summed E-state index contributed by atoms with van der Waals surface area (Å²) < 4.78 is 7.17. The molecule has 1 aromatic heterocycles. The van der Waals surface area contributed by atoms with Crippen LogP contribution >= 0.6 is 0 Å². The summed E-state index contributed by atoms with van der Waals surface area (Å²) in [6.07, 6.45) is 2.49. The molecule has 1 fully saturated rings. The molecule has 0 saturated heterocycles. The van der Waals surface area contributed by atoms with E-state index < -0.39 is 0 Å². The Morgan fingerprint density at radius 2 is 2.14 bits per heavy atom. The van der Waals surface area contributed by atoms with Crippen LogP contribution in [0.1, 0.15) is 26.7 Å². The van der Waals surface area contributed by atoms with Gasteiger partial charge in [-0.1, -0.05) is 13.8 Å². The summed E-state index contributed by atoms with van der Waals surface area (Å²) in [7, 11) is 1.61. The van der Waals surface area contributed by atoms with E-state index in [0.29, 0.717) is 22.8 Å². The summed E-state index contributed by atoms with van der Waals surface area (Å²) in [5.74, 6) is 2.04. The van der Waals surface area contributed by atoms with Crippen molar-refractivity contribution in [2.24, 2.45) is 11.3 Å². The summed E-state index contributed by atoms with van der Waals surface area (Å²) >= 11 is 0. The molecule has 112 valence electrons. The molecule has 3 rings (SSSR count). The molecule has 6 heteroatoms. The topological polar surface area (TPSA) is 78.9 Å². The van der Waals surface area contributed by atoms with Crippen molar-refractivity contribution in [2.75, 3.05) is 12.8 Å². The van der Waals surface area contributed by atoms with Crippen molar-refractivity contribution < 1.29 is 4.74 Å². The molecule has 0 amide bonds. The number of benzene rings is 1. The number of aromatic nitrogens is 4. The summed E-state index contributed by atoms with van der Waals surface area (Å²) in [4.78, 5) is 0. The zero-order valence-corrected chi connectivity index (χ0v) is 12.7. The van der Waals surface area contributed by atoms with Crippen LogP contribution in [0.3, 0.4) is 0 Å². The van der Waals surface area contributed by atoms with E-state index in [4.69, 9.17) is 10.5 Å². The second-order valence-electron chi connectivity index (χ2n) is 6.13. The fourth-order valence-corrected chi connectivity index (χ4v) is 2.74. The number of anilines is 1. The van der Waals surface area contributed by atoms with Crippen molar-refractivity contribution in [3.63, 3.8) is 0 Å². The quantitative estimate of drug-likeness (QED) is 0.854. The highest BCUT2D eigenvalue weighted by molar-refractivity contribution is 5.65. The van der Waals surface area contributed by atoms with Gasteiger partial charge < -0.3 is 10.5 Å². The van der Waals surface area contributed by atoms with Gasteiger partial charge >= 0.3 is 0 Å². The highest BCUT2D eigenvalue weighted by Gasteiger charge is 2.46. The van der Waals surface area contributed by atoms with Crippen LogP contribution in [-0.2, 0) is 6.54 Å². The molecule has 2 N–H and O–H groups in total. The van der Waals surface area contributed by atoms with E-state index in [1.165, 1.54) is 12.8 Å². The summed E-state index contributed by atoms with van der Waals surface area (Å²) in [5.41, 5.74) is 7.74. The van der Waals surface area contributed by atoms with Gasteiger partial charge in [-0.05, 0) is 52.8 Å². The number of nitrogen functional groups attached to an aromatic ring is 1. The number of ether oxygens (including phenoxy) is 1. The van der Waals surface area contributed by atoms with Crippen molar-refractivity contribution >= 4 is 5.69 Å². The van der Waals surface area contributed by atoms with Crippen LogP contribution in [0.2, 0.25) is 0 Å². The maximum atomic E-state index is 5.86. The van der Waals surface area contributed by atoms with Gasteiger partial charge in [0.2, 0.25) is 0 Å². The van der Waals surface area contributed by atoms with Gasteiger partial charge in [0.25, 0.3) is 0 Å². The van der Waals surface area contributed by atoms with Crippen LogP contribution < -0.4 is 10.5 Å². The normalized spacial score (nSPS) is 16.2. The largest absolute Gasteiger partial charge is 0.495 e. The van der Waals surface area contributed by atoms with E-state index in [2.05, 4.69) is 29.4 Å². The van der Waals surface area contributed by atoms with Gasteiger partial charge in [0.1, 0.15) is 5.75 Å². The number of hydrogen-bond acceptors (Lipinski definition) is 5. The molecule has 0 radical (unpaired) electrons. The minimum absolute atomic E-state index is 0.349. The van der Waals surface area contributed by atoms with E-state index in [1.807, 2.05) is 22.9 Å². The van der Waals surface area contributed by atoms with Crippen molar-refractivity contribution in [1.29, 1.82) is 0 Å². The Hall–Kier alpha value is -2.11. The molecule has 2 aromatic rings. The highest BCUT2D eigenvalue weighted by Crippen LogP contribution is 2.53. The van der Waals surface area contributed by atoms with Crippen LogP contribution in [0.5, 0.6) is 5.75 Å². The fraction of sp³-hybridized carbons (Fsp3) is 0.533. The summed E-state index contributed by atoms with van der Waals surface area (Å²) in [6.45, 7) is 5.40. The Morgan fingerprint density at radius 1 is 1.38 bits per heavy atom. The molecule has 1 aliphatic carbocycles. The van der Waals surface area contributed by atoms with E-state index in [-0.39, 0.29) is 0 Å². The lowest BCUT2D eigenvalue weighted by Gasteiger charge is -2.19. The molecular formula is C15H21N5O. The number of methoxy groups -OCH3 is 1. The third kappa shape index (κ3) is 2.46. The van der Waals surface area contributed by atoms with Gasteiger partial charge in [-0.25, -0.2) is 4.68 Å². The van der Waals surface area contributed by atoms with Gasteiger partial charge in [0, 0.05) is 5.56 Å². The van der Waals surface area contributed by atoms with Crippen LogP contribution in [0.15, 0.2) is 18.2 Å². The second-order valence-corrected chi connectivity index (χ2v) is 6.13. The molecule has 0 aliphatic heterocycles. The number of nitrogens with two attached hydrogens (primary N) is 1. The first-order chi connectivity index (χ1) is 10.1. The Bertz CT molecular complexity index is 645. The van der Waals surface area contributed by atoms with Crippen molar-refractivity contribution in [1.82, 2.24) is 20.2 Å². The van der Waals surface area contributed by atoms with Crippen molar-refractivity contribution in [3.05, 3.63) is 18.2 Å². The standard InChI is InChI=1S/C15H21N5O/c1-10(2)15(6-7-15)9-20-14(17-18-19-20)11-4-5-12(16)13(8-11)21-3/h4-5,8,10H,6-7,9,16H2,1-3H3. The molecule has 1 aliphatic rings. The number of tetrazole rings is 1. The number of nitrogens with zero attached hydrogens (tertiary/aromatic N) is 4. The first kappa shape index (κ1) is 13.9. The SMILES string of the molecule is COc1cc(-c2nnnn2CC2(C(C)C)CC2)ccc1N. The molecule has 0 unspecified atom stereocenters. The molecule has 0 atom stereocenters. The molecule has 1 saturated carbocycles. The van der Waals surface area contributed by atoms with Gasteiger partial charge in [-0.15, -0.1) is 5.10 Å². The molecule has 21 heavy (non-hydrogen) atoms. The van der Waals surface area contributed by atoms with Gasteiger partial charge in [0.15, 0.2) is 5.82 Å². The second kappa shape index (κ2) is 5.02. The predicted octanol–water partition coefficient (Wildman–Crippen LogP) is 2.37. The average molecular weight is 287 g/mol. The first-order valence-electron chi connectivity index (χ1n) is 7.26. The van der Waals surface area contributed by atoms with Gasteiger partial charge in [-0.2, -0.15) is 0 Å². The third-order valence-electron chi connectivity index (χ3n) is 4.61. The maximum Gasteiger partial charge on any atom is 0.182 e. The zero-order valence-electron chi connectivity index (χ0n) is 12.7. The van der Waals surface area contributed by atoms with Gasteiger partial charge in [-0.3, -0.25) is 0 Å². The Kier molecular flexibility index (Phi) is 3.31. The maximum absolute atomic E-state index is 5.86. The highest BCUT2D eigenvalue weighted by atomic mass is 16.5. The van der Waals surface area contributed by atoms with E-state index in [9.17, 15) is 0 Å². The molecule has 1 heterocycles. The number of rotatable bonds is 5. The van der Waals surface area contributed by atoms with Gasteiger partial charge in [0.05, 0.1) is 19.3 Å². The molecule has 6 nitrogen and oxygen atoms in total. The van der Waals surface area contributed by atoms with Crippen molar-refractivity contribution in [2.45, 2.75) is 33.2 Å². The summed E-state index contributed by atoms with van der Waals surface area (Å²) in [5, 5.41) is 12.2. The number of hydrogen-bond donors (Lipinski definition) is 1.